The Morgan fingerprint density at radius 1 is 1.16 bits per heavy atom. The molecule has 0 aromatic heterocycles. The van der Waals surface area contributed by atoms with Gasteiger partial charge in [0.1, 0.15) is 5.75 Å². The number of ether oxygens (including phenoxy) is 1. The van der Waals surface area contributed by atoms with Gasteiger partial charge in [-0.1, -0.05) is 18.2 Å². The van der Waals surface area contributed by atoms with Gasteiger partial charge in [0.25, 0.3) is 0 Å². The first kappa shape index (κ1) is 13.8. The predicted octanol–water partition coefficient (Wildman–Crippen LogP) is 3.10. The molecule has 0 amide bonds. The SMILES string of the molecule is COc1ccc(SCC(O)c2ccccc2N)cc1. The Bertz CT molecular complexity index is 528. The molecule has 0 bridgehead atoms. The van der Waals surface area contributed by atoms with E-state index in [4.69, 9.17) is 10.5 Å². The van der Waals surface area contributed by atoms with Crippen molar-refractivity contribution in [1.82, 2.24) is 0 Å². The maximum atomic E-state index is 10.1. The first-order valence-corrected chi connectivity index (χ1v) is 6.98. The highest BCUT2D eigenvalue weighted by atomic mass is 32.2. The number of nitrogen functional groups attached to an aromatic ring is 1. The highest BCUT2D eigenvalue weighted by Gasteiger charge is 2.10. The van der Waals surface area contributed by atoms with Gasteiger partial charge in [0.05, 0.1) is 13.2 Å². The molecular weight excluding hydrogens is 258 g/mol. The fourth-order valence-electron chi connectivity index (χ4n) is 1.75. The number of rotatable bonds is 5. The van der Waals surface area contributed by atoms with Crippen LogP contribution in [0.5, 0.6) is 5.75 Å². The van der Waals surface area contributed by atoms with Crippen molar-refractivity contribution < 1.29 is 9.84 Å². The Morgan fingerprint density at radius 2 is 1.84 bits per heavy atom. The molecule has 0 saturated heterocycles. The van der Waals surface area contributed by atoms with Gasteiger partial charge >= 0.3 is 0 Å². The molecule has 2 rings (SSSR count). The molecule has 0 fully saturated rings. The lowest BCUT2D eigenvalue weighted by Gasteiger charge is -2.13. The van der Waals surface area contributed by atoms with Gasteiger partial charge in [-0.2, -0.15) is 0 Å². The molecule has 0 aliphatic heterocycles. The molecule has 0 spiro atoms. The number of anilines is 1. The van der Waals surface area contributed by atoms with Gasteiger partial charge in [0, 0.05) is 21.9 Å². The van der Waals surface area contributed by atoms with Gasteiger partial charge in [-0.05, 0) is 30.3 Å². The minimum Gasteiger partial charge on any atom is -0.497 e. The molecule has 2 aromatic carbocycles. The summed E-state index contributed by atoms with van der Waals surface area (Å²) in [4.78, 5) is 1.09. The zero-order valence-corrected chi connectivity index (χ0v) is 11.6. The van der Waals surface area contributed by atoms with Gasteiger partial charge < -0.3 is 15.6 Å². The second-order valence-corrected chi connectivity index (χ2v) is 5.22. The van der Waals surface area contributed by atoms with E-state index in [2.05, 4.69) is 0 Å². The minimum absolute atomic E-state index is 0.562. The van der Waals surface area contributed by atoms with Crippen LogP contribution in [0.3, 0.4) is 0 Å². The molecular formula is C15H17NO2S. The van der Waals surface area contributed by atoms with Crippen LogP contribution in [0.25, 0.3) is 0 Å². The molecule has 2 aromatic rings. The molecule has 0 radical (unpaired) electrons. The fraction of sp³-hybridized carbons (Fsp3) is 0.200. The summed E-state index contributed by atoms with van der Waals surface area (Å²) in [7, 11) is 1.64. The van der Waals surface area contributed by atoms with E-state index in [1.165, 1.54) is 0 Å². The van der Waals surface area contributed by atoms with Gasteiger partial charge in [0.2, 0.25) is 0 Å². The third kappa shape index (κ3) is 3.66. The third-order valence-electron chi connectivity index (χ3n) is 2.82. The second-order valence-electron chi connectivity index (χ2n) is 4.13. The summed E-state index contributed by atoms with van der Waals surface area (Å²) in [5, 5.41) is 10.1. The van der Waals surface area contributed by atoms with Crippen molar-refractivity contribution in [2.24, 2.45) is 0 Å². The summed E-state index contributed by atoms with van der Waals surface area (Å²) in [5.74, 6) is 1.40. The van der Waals surface area contributed by atoms with Crippen molar-refractivity contribution in [2.75, 3.05) is 18.6 Å². The summed E-state index contributed by atoms with van der Waals surface area (Å²) in [6.45, 7) is 0. The van der Waals surface area contributed by atoms with Gasteiger partial charge in [-0.15, -0.1) is 11.8 Å². The van der Waals surface area contributed by atoms with E-state index in [-0.39, 0.29) is 0 Å². The van der Waals surface area contributed by atoms with Crippen LogP contribution in [-0.2, 0) is 0 Å². The number of hydrogen-bond donors (Lipinski definition) is 2. The monoisotopic (exact) mass is 275 g/mol. The molecule has 1 unspecified atom stereocenters. The van der Waals surface area contributed by atoms with Crippen LogP contribution in [0.1, 0.15) is 11.7 Å². The average Bonchev–Trinajstić information content (AvgIpc) is 2.46. The third-order valence-corrected chi connectivity index (χ3v) is 3.91. The lowest BCUT2D eigenvalue weighted by Crippen LogP contribution is -2.04. The number of para-hydroxylation sites is 1. The maximum absolute atomic E-state index is 10.1. The summed E-state index contributed by atoms with van der Waals surface area (Å²) in [6.07, 6.45) is -0.562. The van der Waals surface area contributed by atoms with Crippen LogP contribution in [0, 0.1) is 0 Å². The number of aliphatic hydroxyl groups is 1. The summed E-state index contributed by atoms with van der Waals surface area (Å²) in [6, 6.07) is 15.2. The van der Waals surface area contributed by atoms with Crippen molar-refractivity contribution in [3.63, 3.8) is 0 Å². The van der Waals surface area contributed by atoms with Crippen LogP contribution < -0.4 is 10.5 Å². The molecule has 0 heterocycles. The van der Waals surface area contributed by atoms with E-state index in [9.17, 15) is 5.11 Å². The van der Waals surface area contributed by atoms with Gasteiger partial charge in [0.15, 0.2) is 0 Å². The molecule has 3 N–H and O–H groups in total. The number of aliphatic hydroxyl groups excluding tert-OH is 1. The van der Waals surface area contributed by atoms with Crippen LogP contribution in [0.2, 0.25) is 0 Å². The Labute approximate surface area is 117 Å². The number of thioether (sulfide) groups is 1. The summed E-state index contributed by atoms with van der Waals surface area (Å²) >= 11 is 1.59. The molecule has 0 saturated carbocycles. The van der Waals surface area contributed by atoms with Crippen molar-refractivity contribution in [1.29, 1.82) is 0 Å². The van der Waals surface area contributed by atoms with Crippen LogP contribution in [-0.4, -0.2) is 18.0 Å². The zero-order valence-electron chi connectivity index (χ0n) is 10.7. The van der Waals surface area contributed by atoms with Crippen LogP contribution in [0.15, 0.2) is 53.4 Å². The van der Waals surface area contributed by atoms with Gasteiger partial charge in [-0.3, -0.25) is 0 Å². The molecule has 0 aliphatic carbocycles. The first-order chi connectivity index (χ1) is 9.20. The Kier molecular flexibility index (Phi) is 4.71. The molecule has 0 aliphatic rings. The lowest BCUT2D eigenvalue weighted by molar-refractivity contribution is 0.205. The minimum atomic E-state index is -0.562. The van der Waals surface area contributed by atoms with E-state index in [0.717, 1.165) is 16.2 Å². The van der Waals surface area contributed by atoms with Gasteiger partial charge in [-0.25, -0.2) is 0 Å². The molecule has 19 heavy (non-hydrogen) atoms. The zero-order chi connectivity index (χ0) is 13.7. The van der Waals surface area contributed by atoms with E-state index in [1.807, 2.05) is 42.5 Å². The van der Waals surface area contributed by atoms with Crippen molar-refractivity contribution in [3.05, 3.63) is 54.1 Å². The molecule has 3 nitrogen and oxygen atoms in total. The van der Waals surface area contributed by atoms with E-state index in [1.54, 1.807) is 24.9 Å². The second kappa shape index (κ2) is 6.50. The number of hydrogen-bond acceptors (Lipinski definition) is 4. The van der Waals surface area contributed by atoms with Crippen molar-refractivity contribution in [2.45, 2.75) is 11.0 Å². The van der Waals surface area contributed by atoms with Crippen molar-refractivity contribution >= 4 is 17.4 Å². The van der Waals surface area contributed by atoms with Crippen molar-refractivity contribution in [3.8, 4) is 5.75 Å². The standard InChI is InChI=1S/C15H17NO2S/c1-18-11-6-8-12(9-7-11)19-10-15(17)13-4-2-3-5-14(13)16/h2-9,15,17H,10,16H2,1H3. The fourth-order valence-corrected chi connectivity index (χ4v) is 2.61. The van der Waals surface area contributed by atoms with E-state index < -0.39 is 6.10 Å². The number of nitrogens with two attached hydrogens (primary N) is 1. The highest BCUT2D eigenvalue weighted by molar-refractivity contribution is 7.99. The van der Waals surface area contributed by atoms with Crippen LogP contribution in [0.4, 0.5) is 5.69 Å². The highest BCUT2D eigenvalue weighted by Crippen LogP contribution is 2.28. The summed E-state index contributed by atoms with van der Waals surface area (Å²) in [5.41, 5.74) is 7.25. The van der Waals surface area contributed by atoms with Crippen LogP contribution >= 0.6 is 11.8 Å². The smallest absolute Gasteiger partial charge is 0.118 e. The number of benzene rings is 2. The lowest BCUT2D eigenvalue weighted by atomic mass is 10.1. The average molecular weight is 275 g/mol. The quantitative estimate of drug-likeness (QED) is 0.650. The normalized spacial score (nSPS) is 12.1. The Hall–Kier alpha value is -1.65. The topological polar surface area (TPSA) is 55.5 Å². The Balaban J connectivity index is 1.96. The molecule has 1 atom stereocenters. The van der Waals surface area contributed by atoms with E-state index >= 15 is 0 Å². The first-order valence-electron chi connectivity index (χ1n) is 6.00. The Morgan fingerprint density at radius 3 is 2.47 bits per heavy atom. The maximum Gasteiger partial charge on any atom is 0.118 e. The predicted molar refractivity (Wildman–Crippen MR) is 79.5 cm³/mol. The number of methoxy groups -OCH3 is 1. The largest absolute Gasteiger partial charge is 0.497 e. The molecule has 4 heteroatoms. The summed E-state index contributed by atoms with van der Waals surface area (Å²) < 4.78 is 5.10. The van der Waals surface area contributed by atoms with E-state index in [0.29, 0.717) is 11.4 Å². The molecule has 100 valence electrons.